The number of benzene rings is 1. The fourth-order valence-electron chi connectivity index (χ4n) is 3.66. The van der Waals surface area contributed by atoms with E-state index in [9.17, 15) is 18.0 Å². The summed E-state index contributed by atoms with van der Waals surface area (Å²) in [6, 6.07) is 3.58. The maximum Gasteiger partial charge on any atom is 0.344 e. The van der Waals surface area contributed by atoms with Crippen molar-refractivity contribution in [3.8, 4) is 5.75 Å². The normalized spacial score (nSPS) is 17.9. The van der Waals surface area contributed by atoms with Gasteiger partial charge in [-0.3, -0.25) is 4.79 Å². The van der Waals surface area contributed by atoms with Crippen molar-refractivity contribution in [3.63, 3.8) is 0 Å². The van der Waals surface area contributed by atoms with Crippen molar-refractivity contribution in [2.75, 3.05) is 31.3 Å². The van der Waals surface area contributed by atoms with Gasteiger partial charge in [0.05, 0.1) is 11.5 Å². The molecule has 0 radical (unpaired) electrons. The van der Waals surface area contributed by atoms with E-state index < -0.39 is 22.4 Å². The SMILES string of the molecule is Cc1cc(C)c(OCC(=O)OCC(=O)N(CC(C)C)[C@@H]2CCS(=O)(=O)C2)c(C)c1. The van der Waals surface area contributed by atoms with Crippen molar-refractivity contribution in [1.82, 2.24) is 4.90 Å². The summed E-state index contributed by atoms with van der Waals surface area (Å²) in [7, 11) is -3.11. The molecule has 0 bridgehead atoms. The number of carbonyl (C=O) groups excluding carboxylic acids is 2. The monoisotopic (exact) mass is 425 g/mol. The lowest BCUT2D eigenvalue weighted by molar-refractivity contribution is -0.154. The van der Waals surface area contributed by atoms with E-state index >= 15 is 0 Å². The van der Waals surface area contributed by atoms with E-state index in [1.165, 1.54) is 4.90 Å². The van der Waals surface area contributed by atoms with Gasteiger partial charge < -0.3 is 14.4 Å². The molecule has 8 heteroatoms. The lowest BCUT2D eigenvalue weighted by Gasteiger charge is -2.29. The topological polar surface area (TPSA) is 90.0 Å². The average molecular weight is 426 g/mol. The van der Waals surface area contributed by atoms with Crippen LogP contribution in [0.15, 0.2) is 12.1 Å². The van der Waals surface area contributed by atoms with Crippen LogP contribution >= 0.6 is 0 Å². The van der Waals surface area contributed by atoms with Crippen LogP contribution in [0.1, 0.15) is 37.0 Å². The number of amides is 1. The second-order valence-corrected chi connectivity index (χ2v) is 10.4. The first-order valence-electron chi connectivity index (χ1n) is 9.84. The van der Waals surface area contributed by atoms with Gasteiger partial charge in [0.25, 0.3) is 5.91 Å². The van der Waals surface area contributed by atoms with E-state index in [1.54, 1.807) is 0 Å². The first-order chi connectivity index (χ1) is 13.5. The van der Waals surface area contributed by atoms with Gasteiger partial charge >= 0.3 is 5.97 Å². The van der Waals surface area contributed by atoms with Crippen LogP contribution in [0.25, 0.3) is 0 Å². The van der Waals surface area contributed by atoms with E-state index in [0.717, 1.165) is 16.7 Å². The Morgan fingerprint density at radius 1 is 1.14 bits per heavy atom. The molecule has 29 heavy (non-hydrogen) atoms. The van der Waals surface area contributed by atoms with E-state index in [2.05, 4.69) is 0 Å². The highest BCUT2D eigenvalue weighted by Gasteiger charge is 2.35. The molecule has 162 valence electrons. The molecule has 0 unspecified atom stereocenters. The van der Waals surface area contributed by atoms with Crippen molar-refractivity contribution in [1.29, 1.82) is 0 Å². The summed E-state index contributed by atoms with van der Waals surface area (Å²) < 4.78 is 34.2. The summed E-state index contributed by atoms with van der Waals surface area (Å²) in [4.78, 5) is 26.2. The smallest absolute Gasteiger partial charge is 0.344 e. The number of sulfone groups is 1. The molecule has 1 fully saturated rings. The van der Waals surface area contributed by atoms with Crippen LogP contribution in [0.3, 0.4) is 0 Å². The summed E-state index contributed by atoms with van der Waals surface area (Å²) in [5.74, 6) is -0.153. The molecule has 0 spiro atoms. The third kappa shape index (κ3) is 6.73. The quantitative estimate of drug-likeness (QED) is 0.593. The predicted molar refractivity (Wildman–Crippen MR) is 111 cm³/mol. The van der Waals surface area contributed by atoms with Gasteiger partial charge in [-0.15, -0.1) is 0 Å². The standard InChI is InChI=1S/C21H31NO6S/c1-14(2)10-22(18-6-7-29(25,26)13-18)19(23)11-27-20(24)12-28-21-16(4)8-15(3)9-17(21)5/h8-9,14,18H,6-7,10-13H2,1-5H3/t18-/m1/s1. The molecular weight excluding hydrogens is 394 g/mol. The summed E-state index contributed by atoms with van der Waals surface area (Å²) >= 11 is 0. The van der Waals surface area contributed by atoms with Crippen molar-refractivity contribution in [2.45, 2.75) is 47.1 Å². The van der Waals surface area contributed by atoms with Gasteiger partial charge in [-0.25, -0.2) is 13.2 Å². The van der Waals surface area contributed by atoms with Crippen molar-refractivity contribution in [3.05, 3.63) is 28.8 Å². The molecule has 1 aromatic rings. The number of esters is 1. The average Bonchev–Trinajstić information content (AvgIpc) is 2.96. The van der Waals surface area contributed by atoms with Crippen molar-refractivity contribution in [2.24, 2.45) is 5.92 Å². The Bertz CT molecular complexity index is 839. The van der Waals surface area contributed by atoms with Gasteiger partial charge in [0.15, 0.2) is 23.1 Å². The molecule has 1 saturated heterocycles. The van der Waals surface area contributed by atoms with Crippen LogP contribution < -0.4 is 4.74 Å². The van der Waals surface area contributed by atoms with Crippen LogP contribution in [0.5, 0.6) is 5.75 Å². The highest BCUT2D eigenvalue weighted by molar-refractivity contribution is 7.91. The Labute approximate surface area is 173 Å². The lowest BCUT2D eigenvalue weighted by Crippen LogP contribution is -2.45. The molecular formula is C21H31NO6S. The molecule has 1 aliphatic heterocycles. The van der Waals surface area contributed by atoms with E-state index in [-0.39, 0.29) is 36.0 Å². The lowest BCUT2D eigenvalue weighted by atomic mass is 10.1. The molecule has 1 heterocycles. The molecule has 1 aliphatic rings. The zero-order chi connectivity index (χ0) is 21.8. The first kappa shape index (κ1) is 23.2. The van der Waals surface area contributed by atoms with Crippen LogP contribution in [-0.2, 0) is 24.2 Å². The number of ether oxygens (including phenoxy) is 2. The Morgan fingerprint density at radius 3 is 2.28 bits per heavy atom. The zero-order valence-corrected chi connectivity index (χ0v) is 18.7. The Morgan fingerprint density at radius 2 is 1.76 bits per heavy atom. The maximum absolute atomic E-state index is 12.6. The zero-order valence-electron chi connectivity index (χ0n) is 17.9. The number of aryl methyl sites for hydroxylation is 3. The Kier molecular flexibility index (Phi) is 7.68. The molecule has 1 aromatic carbocycles. The highest BCUT2D eigenvalue weighted by atomic mass is 32.2. The minimum absolute atomic E-state index is 0.0332. The van der Waals surface area contributed by atoms with Crippen LogP contribution in [-0.4, -0.2) is 62.5 Å². The number of hydrogen-bond donors (Lipinski definition) is 0. The second kappa shape index (κ2) is 9.61. The number of nitrogens with zero attached hydrogens (tertiary/aromatic N) is 1. The van der Waals surface area contributed by atoms with Gasteiger partial charge in [-0.05, 0) is 44.2 Å². The van der Waals surface area contributed by atoms with Gasteiger partial charge in [0.1, 0.15) is 5.75 Å². The van der Waals surface area contributed by atoms with Gasteiger partial charge in [-0.1, -0.05) is 31.5 Å². The summed E-state index contributed by atoms with van der Waals surface area (Å²) in [6.45, 7) is 9.42. The minimum atomic E-state index is -3.11. The van der Waals surface area contributed by atoms with E-state index in [1.807, 2.05) is 46.8 Å². The fraction of sp³-hybridized carbons (Fsp3) is 0.619. The third-order valence-electron chi connectivity index (χ3n) is 4.83. The number of rotatable bonds is 8. The number of carbonyl (C=O) groups is 2. The predicted octanol–water partition coefficient (Wildman–Crippen LogP) is 2.21. The highest BCUT2D eigenvalue weighted by Crippen LogP contribution is 2.24. The van der Waals surface area contributed by atoms with Crippen molar-refractivity contribution >= 4 is 21.7 Å². The van der Waals surface area contributed by atoms with E-state index in [0.29, 0.717) is 18.7 Å². The van der Waals surface area contributed by atoms with Gasteiger partial charge in [-0.2, -0.15) is 0 Å². The van der Waals surface area contributed by atoms with Gasteiger partial charge in [0.2, 0.25) is 0 Å². The van der Waals surface area contributed by atoms with E-state index in [4.69, 9.17) is 9.47 Å². The Balaban J connectivity index is 1.91. The Hall–Kier alpha value is -2.09. The maximum atomic E-state index is 12.6. The molecule has 0 saturated carbocycles. The largest absolute Gasteiger partial charge is 0.481 e. The molecule has 0 aliphatic carbocycles. The summed E-state index contributed by atoms with van der Waals surface area (Å²) in [5, 5.41) is 0. The van der Waals surface area contributed by atoms with Gasteiger partial charge in [0, 0.05) is 12.6 Å². The summed E-state index contributed by atoms with van der Waals surface area (Å²) in [5.41, 5.74) is 2.97. The molecule has 1 atom stereocenters. The summed E-state index contributed by atoms with van der Waals surface area (Å²) in [6.07, 6.45) is 0.420. The van der Waals surface area contributed by atoms with Crippen molar-refractivity contribution < 1.29 is 27.5 Å². The minimum Gasteiger partial charge on any atom is -0.481 e. The first-order valence-corrected chi connectivity index (χ1v) is 11.7. The third-order valence-corrected chi connectivity index (χ3v) is 6.58. The molecule has 0 N–H and O–H groups in total. The van der Waals surface area contributed by atoms with Crippen LogP contribution in [0.2, 0.25) is 0 Å². The second-order valence-electron chi connectivity index (χ2n) is 8.17. The number of hydrogen-bond acceptors (Lipinski definition) is 6. The molecule has 0 aromatic heterocycles. The fourth-order valence-corrected chi connectivity index (χ4v) is 5.39. The van der Waals surface area contributed by atoms with Crippen LogP contribution in [0.4, 0.5) is 0 Å². The molecule has 7 nitrogen and oxygen atoms in total. The molecule has 2 rings (SSSR count). The molecule has 1 amide bonds. The van der Waals surface area contributed by atoms with Crippen LogP contribution in [0, 0.1) is 26.7 Å².